The van der Waals surface area contributed by atoms with E-state index in [0.29, 0.717) is 6.92 Å². The fourth-order valence-electron chi connectivity index (χ4n) is 1.18. The third kappa shape index (κ3) is 2.98. The van der Waals surface area contributed by atoms with Crippen LogP contribution in [0.3, 0.4) is 0 Å². The maximum Gasteiger partial charge on any atom is 0.422 e. The zero-order chi connectivity index (χ0) is 15.6. The smallest absolute Gasteiger partial charge is 0.422 e. The Morgan fingerprint density at radius 3 is 2.30 bits per heavy atom. The van der Waals surface area contributed by atoms with Crippen molar-refractivity contribution in [1.29, 1.82) is 0 Å². The first-order valence-corrected chi connectivity index (χ1v) is 5.24. The molecule has 1 aromatic rings. The molecule has 1 rings (SSSR count). The normalized spacial score (nSPS) is 14.2. The first kappa shape index (κ1) is 15.7. The number of nitrogens with one attached hydrogen (secondary N) is 1. The number of carboxylic acid groups (broad SMARTS) is 1. The van der Waals surface area contributed by atoms with Gasteiger partial charge in [0.25, 0.3) is 5.91 Å². The Hall–Kier alpha value is -2.32. The molecule has 1 unspecified atom stereocenters. The van der Waals surface area contributed by atoms with Crippen LogP contribution in [-0.4, -0.2) is 40.8 Å². The van der Waals surface area contributed by atoms with Gasteiger partial charge in [0.05, 0.1) is 12.7 Å². The van der Waals surface area contributed by atoms with Crippen LogP contribution in [0.25, 0.3) is 0 Å². The number of hydrogen-bond donors (Lipinski definition) is 2. The molecule has 0 aliphatic heterocycles. The first-order chi connectivity index (χ1) is 9.11. The highest BCUT2D eigenvalue weighted by Gasteiger charge is 2.58. The zero-order valence-corrected chi connectivity index (χ0v) is 10.5. The Bertz CT molecular complexity index is 515. The van der Waals surface area contributed by atoms with Crippen LogP contribution in [0.5, 0.6) is 5.88 Å². The van der Waals surface area contributed by atoms with Crippen LogP contribution in [-0.2, 0) is 4.79 Å². The molecule has 0 saturated carbocycles. The number of carbonyl (C=O) groups excluding carboxylic acids is 1. The van der Waals surface area contributed by atoms with Gasteiger partial charge in [-0.3, -0.25) is 4.79 Å². The van der Waals surface area contributed by atoms with Crippen LogP contribution in [0, 0.1) is 0 Å². The van der Waals surface area contributed by atoms with Gasteiger partial charge in [0.2, 0.25) is 11.4 Å². The van der Waals surface area contributed by atoms with Gasteiger partial charge in [-0.2, -0.15) is 13.2 Å². The van der Waals surface area contributed by atoms with Gasteiger partial charge >= 0.3 is 12.1 Å². The van der Waals surface area contributed by atoms with Crippen LogP contribution in [0.4, 0.5) is 13.2 Å². The molecule has 0 bridgehead atoms. The quantitative estimate of drug-likeness (QED) is 0.871. The fourth-order valence-corrected chi connectivity index (χ4v) is 1.18. The van der Waals surface area contributed by atoms with Crippen LogP contribution < -0.4 is 10.1 Å². The van der Waals surface area contributed by atoms with Gasteiger partial charge in [0.1, 0.15) is 0 Å². The average molecular weight is 292 g/mol. The molecule has 1 atom stereocenters. The number of ether oxygens (including phenoxy) is 1. The number of methoxy groups -OCH3 is 1. The summed E-state index contributed by atoms with van der Waals surface area (Å²) in [5, 5.41) is 10.1. The van der Waals surface area contributed by atoms with Gasteiger partial charge in [-0.25, -0.2) is 9.78 Å². The predicted molar refractivity (Wildman–Crippen MR) is 60.4 cm³/mol. The first-order valence-electron chi connectivity index (χ1n) is 5.24. The van der Waals surface area contributed by atoms with E-state index in [4.69, 9.17) is 9.84 Å². The third-order valence-corrected chi connectivity index (χ3v) is 2.57. The standard InChI is InChI=1S/C11H11F3N2O4/c1-10(9(18)19,11(12,13)14)16-8(17)6-3-4-7(20-2)15-5-6/h3-5H,1-2H3,(H,16,17)(H,18,19). The minimum Gasteiger partial charge on any atom is -0.481 e. The Labute approximate surface area is 111 Å². The lowest BCUT2D eigenvalue weighted by molar-refractivity contribution is -0.203. The minimum absolute atomic E-state index is 0.165. The van der Waals surface area contributed by atoms with E-state index in [2.05, 4.69) is 4.98 Å². The lowest BCUT2D eigenvalue weighted by atomic mass is 10.0. The summed E-state index contributed by atoms with van der Waals surface area (Å²) in [5.41, 5.74) is -3.60. The summed E-state index contributed by atoms with van der Waals surface area (Å²) in [5.74, 6) is -3.25. The lowest BCUT2D eigenvalue weighted by Crippen LogP contribution is -2.61. The molecule has 1 amide bonds. The number of hydrogen-bond acceptors (Lipinski definition) is 4. The van der Waals surface area contributed by atoms with E-state index >= 15 is 0 Å². The number of pyridine rings is 1. The third-order valence-electron chi connectivity index (χ3n) is 2.57. The molecular weight excluding hydrogens is 281 g/mol. The van der Waals surface area contributed by atoms with E-state index in [1.165, 1.54) is 24.6 Å². The second kappa shape index (κ2) is 5.35. The molecular formula is C11H11F3N2O4. The highest BCUT2D eigenvalue weighted by Crippen LogP contribution is 2.30. The molecule has 0 spiro atoms. The van der Waals surface area contributed by atoms with Crippen molar-refractivity contribution in [3.05, 3.63) is 23.9 Å². The van der Waals surface area contributed by atoms with Gasteiger partial charge in [0.15, 0.2) is 0 Å². The number of carboxylic acids is 1. The van der Waals surface area contributed by atoms with Crippen molar-refractivity contribution in [3.8, 4) is 5.88 Å². The van der Waals surface area contributed by atoms with E-state index in [0.717, 1.165) is 6.20 Å². The molecule has 20 heavy (non-hydrogen) atoms. The fraction of sp³-hybridized carbons (Fsp3) is 0.364. The van der Waals surface area contributed by atoms with Crippen molar-refractivity contribution in [2.45, 2.75) is 18.6 Å². The second-order valence-corrected chi connectivity index (χ2v) is 3.97. The maximum atomic E-state index is 12.7. The summed E-state index contributed by atoms with van der Waals surface area (Å²) in [4.78, 5) is 26.1. The molecule has 6 nitrogen and oxygen atoms in total. The number of rotatable bonds is 4. The second-order valence-electron chi connectivity index (χ2n) is 3.97. The summed E-state index contributed by atoms with van der Waals surface area (Å²) in [6.45, 7) is 0.365. The number of aliphatic carboxylic acids is 1. The molecule has 0 radical (unpaired) electrons. The van der Waals surface area contributed by atoms with Crippen LogP contribution in [0.15, 0.2) is 18.3 Å². The molecule has 0 fully saturated rings. The van der Waals surface area contributed by atoms with Gasteiger partial charge in [-0.05, 0) is 13.0 Å². The monoisotopic (exact) mass is 292 g/mol. The number of halogens is 3. The largest absolute Gasteiger partial charge is 0.481 e. The van der Waals surface area contributed by atoms with Gasteiger partial charge in [-0.1, -0.05) is 0 Å². The van der Waals surface area contributed by atoms with Crippen molar-refractivity contribution >= 4 is 11.9 Å². The Kier molecular flexibility index (Phi) is 4.21. The topological polar surface area (TPSA) is 88.5 Å². The zero-order valence-electron chi connectivity index (χ0n) is 10.5. The summed E-state index contributed by atoms with van der Waals surface area (Å²) < 4.78 is 42.9. The Balaban J connectivity index is 3.00. The van der Waals surface area contributed by atoms with Crippen molar-refractivity contribution in [2.75, 3.05) is 7.11 Å². The van der Waals surface area contributed by atoms with Gasteiger partial charge in [-0.15, -0.1) is 0 Å². The van der Waals surface area contributed by atoms with E-state index in [9.17, 15) is 22.8 Å². The van der Waals surface area contributed by atoms with Crippen molar-refractivity contribution in [3.63, 3.8) is 0 Å². The summed E-state index contributed by atoms with van der Waals surface area (Å²) in [6.07, 6.45) is -4.17. The van der Waals surface area contributed by atoms with E-state index < -0.39 is 23.6 Å². The van der Waals surface area contributed by atoms with Crippen LogP contribution in [0.1, 0.15) is 17.3 Å². The highest BCUT2D eigenvalue weighted by atomic mass is 19.4. The molecule has 1 aromatic heterocycles. The van der Waals surface area contributed by atoms with E-state index in [-0.39, 0.29) is 11.4 Å². The molecule has 9 heteroatoms. The van der Waals surface area contributed by atoms with Crippen LogP contribution >= 0.6 is 0 Å². The SMILES string of the molecule is COc1ccc(C(=O)NC(C)(C(=O)O)C(F)(F)F)cn1. The average Bonchev–Trinajstić information content (AvgIpc) is 2.37. The molecule has 0 aromatic carbocycles. The summed E-state index contributed by atoms with van der Waals surface area (Å²) in [7, 11) is 1.33. The molecule has 0 saturated heterocycles. The van der Waals surface area contributed by atoms with Crippen molar-refractivity contribution in [1.82, 2.24) is 10.3 Å². The molecule has 1 heterocycles. The summed E-state index contributed by atoms with van der Waals surface area (Å²) in [6, 6.07) is 2.43. The van der Waals surface area contributed by atoms with Gasteiger partial charge < -0.3 is 15.2 Å². The number of alkyl halides is 3. The van der Waals surface area contributed by atoms with E-state index in [1.807, 2.05) is 0 Å². The van der Waals surface area contributed by atoms with Crippen molar-refractivity contribution < 1.29 is 32.6 Å². The number of nitrogens with zero attached hydrogens (tertiary/aromatic N) is 1. The minimum atomic E-state index is -5.14. The maximum absolute atomic E-state index is 12.7. The van der Waals surface area contributed by atoms with Crippen molar-refractivity contribution in [2.24, 2.45) is 0 Å². The number of aromatic nitrogens is 1. The predicted octanol–water partition coefficient (Wildman–Crippen LogP) is 1.23. The Morgan fingerprint density at radius 1 is 1.35 bits per heavy atom. The lowest BCUT2D eigenvalue weighted by Gasteiger charge is -2.28. The molecule has 2 N–H and O–H groups in total. The molecule has 0 aliphatic rings. The highest BCUT2D eigenvalue weighted by molar-refractivity contribution is 5.97. The van der Waals surface area contributed by atoms with Crippen LogP contribution in [0.2, 0.25) is 0 Å². The summed E-state index contributed by atoms with van der Waals surface area (Å²) >= 11 is 0. The number of amides is 1. The van der Waals surface area contributed by atoms with Gasteiger partial charge in [0, 0.05) is 12.3 Å². The Morgan fingerprint density at radius 2 is 1.95 bits per heavy atom. The van der Waals surface area contributed by atoms with E-state index in [1.54, 1.807) is 0 Å². The number of carbonyl (C=O) groups is 2. The molecule has 0 aliphatic carbocycles. The molecule has 110 valence electrons.